The fourth-order valence-corrected chi connectivity index (χ4v) is 2.14. The first-order valence-corrected chi connectivity index (χ1v) is 6.59. The largest absolute Gasteiger partial charge is 0.506 e. The quantitative estimate of drug-likeness (QED) is 0.854. The van der Waals surface area contributed by atoms with Gasteiger partial charge in [0.2, 0.25) is 0 Å². The number of carbonyl (C=O) groups is 2. The molecular weight excluding hydrogens is 289 g/mol. The molecule has 5 nitrogen and oxygen atoms in total. The van der Waals surface area contributed by atoms with Gasteiger partial charge in [-0.25, -0.2) is 9.18 Å². The Morgan fingerprint density at radius 2 is 1.86 bits per heavy atom. The number of ether oxygens (including phenoxy) is 1. The summed E-state index contributed by atoms with van der Waals surface area (Å²) in [5.41, 5.74) is -1.30. The molecule has 2 aromatic carbocycles. The zero-order valence-electron chi connectivity index (χ0n) is 12.4. The molecule has 0 unspecified atom stereocenters. The van der Waals surface area contributed by atoms with Crippen LogP contribution in [0.2, 0.25) is 0 Å². The monoisotopic (exact) mass is 305 g/mol. The van der Waals surface area contributed by atoms with Gasteiger partial charge in [0.1, 0.15) is 17.1 Å². The van der Waals surface area contributed by atoms with Crippen LogP contribution in [0.3, 0.4) is 0 Å². The molecule has 1 amide bonds. The number of hydrogen-bond donors (Lipinski definition) is 2. The van der Waals surface area contributed by atoms with E-state index >= 15 is 0 Å². The van der Waals surface area contributed by atoms with Crippen LogP contribution in [0.15, 0.2) is 30.3 Å². The molecule has 0 heterocycles. The fourth-order valence-electron chi connectivity index (χ4n) is 2.14. The van der Waals surface area contributed by atoms with E-state index in [0.29, 0.717) is 0 Å². The number of phenols is 1. The van der Waals surface area contributed by atoms with E-state index in [1.807, 2.05) is 0 Å². The number of halogens is 1. The van der Waals surface area contributed by atoms with E-state index in [0.717, 1.165) is 0 Å². The van der Waals surface area contributed by atoms with Crippen molar-refractivity contribution in [3.8, 4) is 5.75 Å². The Kier molecular flexibility index (Phi) is 4.03. The van der Waals surface area contributed by atoms with Crippen LogP contribution in [-0.2, 0) is 9.53 Å². The van der Waals surface area contributed by atoms with Crippen LogP contribution in [0.5, 0.6) is 5.75 Å². The summed E-state index contributed by atoms with van der Waals surface area (Å²) in [7, 11) is 1.21. The maximum atomic E-state index is 13.6. The number of aromatic hydroxyl groups is 1. The molecule has 0 fully saturated rings. The Labute approximate surface area is 126 Å². The number of methoxy groups -OCH3 is 1. The highest BCUT2D eigenvalue weighted by atomic mass is 19.1. The van der Waals surface area contributed by atoms with Crippen LogP contribution in [0.4, 0.5) is 4.39 Å². The predicted octanol–water partition coefficient (Wildman–Crippen LogP) is 2.37. The van der Waals surface area contributed by atoms with Gasteiger partial charge in [0.25, 0.3) is 5.91 Å². The lowest BCUT2D eigenvalue weighted by Crippen LogP contribution is -2.50. The topological polar surface area (TPSA) is 75.6 Å². The van der Waals surface area contributed by atoms with E-state index in [9.17, 15) is 19.1 Å². The molecular formula is C16H16FNO4. The lowest BCUT2D eigenvalue weighted by atomic mass is 10.0. The number of amides is 1. The molecule has 2 aromatic rings. The van der Waals surface area contributed by atoms with Gasteiger partial charge in [-0.1, -0.05) is 18.2 Å². The number of phenolic OH excluding ortho intramolecular Hbond substituents is 1. The third-order valence-electron chi connectivity index (χ3n) is 3.35. The molecule has 2 rings (SSSR count). The van der Waals surface area contributed by atoms with Crippen molar-refractivity contribution >= 4 is 22.6 Å². The molecule has 0 saturated heterocycles. The summed E-state index contributed by atoms with van der Waals surface area (Å²) in [6.07, 6.45) is 0. The molecule has 6 heteroatoms. The standard InChI is InChI=1S/C16H16FNO4/c1-16(2,15(21)22-3)18-14(20)11-8-7-9-10(13(11)19)5-4-6-12(9)17/h4-8,19H,1-3H3,(H,18,20). The van der Waals surface area contributed by atoms with E-state index in [1.165, 1.54) is 51.3 Å². The number of carbonyl (C=O) groups excluding carboxylic acids is 2. The van der Waals surface area contributed by atoms with Gasteiger partial charge in [-0.2, -0.15) is 0 Å². The molecule has 2 N–H and O–H groups in total. The SMILES string of the molecule is COC(=O)C(C)(C)NC(=O)c1ccc2c(F)cccc2c1O. The molecule has 0 saturated carbocycles. The lowest BCUT2D eigenvalue weighted by molar-refractivity contribution is -0.146. The highest BCUT2D eigenvalue weighted by Crippen LogP contribution is 2.30. The minimum absolute atomic E-state index is 0.0462. The molecule has 0 spiro atoms. The lowest BCUT2D eigenvalue weighted by Gasteiger charge is -2.23. The number of rotatable bonds is 3. The Balaban J connectivity index is 2.41. The second-order valence-corrected chi connectivity index (χ2v) is 5.37. The third-order valence-corrected chi connectivity index (χ3v) is 3.35. The molecule has 0 bridgehead atoms. The van der Waals surface area contributed by atoms with Crippen LogP contribution in [-0.4, -0.2) is 29.6 Å². The van der Waals surface area contributed by atoms with Gasteiger partial charge in [-0.15, -0.1) is 0 Å². The Morgan fingerprint density at radius 1 is 1.18 bits per heavy atom. The van der Waals surface area contributed by atoms with Crippen LogP contribution in [0.25, 0.3) is 10.8 Å². The zero-order chi connectivity index (χ0) is 16.5. The number of benzene rings is 2. The van der Waals surface area contributed by atoms with Crippen molar-refractivity contribution in [3.05, 3.63) is 41.7 Å². The molecule has 0 radical (unpaired) electrons. The third kappa shape index (κ3) is 2.72. The molecule has 0 aliphatic rings. The fraction of sp³-hybridized carbons (Fsp3) is 0.250. The summed E-state index contributed by atoms with van der Waals surface area (Å²) in [6.45, 7) is 2.96. The Hall–Kier alpha value is -2.63. The number of esters is 1. The summed E-state index contributed by atoms with van der Waals surface area (Å²) in [5, 5.41) is 13.1. The van der Waals surface area contributed by atoms with Gasteiger partial charge < -0.3 is 15.2 Å². The van der Waals surface area contributed by atoms with Gasteiger partial charge in [-0.05, 0) is 26.0 Å². The summed E-state index contributed by atoms with van der Waals surface area (Å²) in [4.78, 5) is 23.9. The van der Waals surface area contributed by atoms with E-state index in [-0.39, 0.29) is 22.1 Å². The normalized spacial score (nSPS) is 11.3. The van der Waals surface area contributed by atoms with Crippen molar-refractivity contribution in [1.29, 1.82) is 0 Å². The van der Waals surface area contributed by atoms with Crippen molar-refractivity contribution in [2.75, 3.05) is 7.11 Å². The Bertz CT molecular complexity index is 755. The highest BCUT2D eigenvalue weighted by molar-refractivity contribution is 6.05. The minimum Gasteiger partial charge on any atom is -0.506 e. The zero-order valence-corrected chi connectivity index (χ0v) is 12.4. The predicted molar refractivity (Wildman–Crippen MR) is 79.1 cm³/mol. The minimum atomic E-state index is -1.25. The van der Waals surface area contributed by atoms with Crippen LogP contribution >= 0.6 is 0 Å². The Morgan fingerprint density at radius 3 is 2.50 bits per heavy atom. The maximum Gasteiger partial charge on any atom is 0.330 e. The average Bonchev–Trinajstić information content (AvgIpc) is 2.47. The number of fused-ring (bicyclic) bond motifs is 1. The first-order valence-electron chi connectivity index (χ1n) is 6.59. The summed E-state index contributed by atoms with van der Waals surface area (Å²) in [5.74, 6) is -2.10. The smallest absolute Gasteiger partial charge is 0.330 e. The molecule has 0 atom stereocenters. The van der Waals surface area contributed by atoms with Gasteiger partial charge in [0.05, 0.1) is 12.7 Å². The van der Waals surface area contributed by atoms with Crippen LogP contribution in [0, 0.1) is 5.82 Å². The van der Waals surface area contributed by atoms with Gasteiger partial charge >= 0.3 is 5.97 Å². The van der Waals surface area contributed by atoms with E-state index in [4.69, 9.17) is 0 Å². The molecule has 0 aromatic heterocycles. The molecule has 22 heavy (non-hydrogen) atoms. The first kappa shape index (κ1) is 15.8. The van der Waals surface area contributed by atoms with Crippen LogP contribution < -0.4 is 5.32 Å². The van der Waals surface area contributed by atoms with Crippen molar-refractivity contribution in [3.63, 3.8) is 0 Å². The van der Waals surface area contributed by atoms with Crippen molar-refractivity contribution < 1.29 is 23.8 Å². The number of hydrogen-bond acceptors (Lipinski definition) is 4. The summed E-state index contributed by atoms with van der Waals surface area (Å²) >= 11 is 0. The van der Waals surface area contributed by atoms with Gasteiger partial charge in [0, 0.05) is 10.8 Å². The second-order valence-electron chi connectivity index (χ2n) is 5.37. The van der Waals surface area contributed by atoms with Crippen molar-refractivity contribution in [2.45, 2.75) is 19.4 Å². The van der Waals surface area contributed by atoms with Crippen molar-refractivity contribution in [2.24, 2.45) is 0 Å². The van der Waals surface area contributed by atoms with E-state index in [2.05, 4.69) is 10.1 Å². The maximum absolute atomic E-state index is 13.6. The van der Waals surface area contributed by atoms with E-state index in [1.54, 1.807) is 0 Å². The highest BCUT2D eigenvalue weighted by Gasteiger charge is 2.31. The van der Waals surface area contributed by atoms with E-state index < -0.39 is 23.2 Å². The molecule has 116 valence electrons. The average molecular weight is 305 g/mol. The molecule has 0 aliphatic heterocycles. The van der Waals surface area contributed by atoms with Crippen molar-refractivity contribution in [1.82, 2.24) is 5.32 Å². The summed E-state index contributed by atoms with van der Waals surface area (Å²) < 4.78 is 18.3. The first-order chi connectivity index (χ1) is 10.3. The second kappa shape index (κ2) is 5.63. The van der Waals surface area contributed by atoms with Gasteiger partial charge in [0.15, 0.2) is 0 Å². The molecule has 0 aliphatic carbocycles. The van der Waals surface area contributed by atoms with Gasteiger partial charge in [-0.3, -0.25) is 4.79 Å². The van der Waals surface area contributed by atoms with Crippen LogP contribution in [0.1, 0.15) is 24.2 Å². The number of nitrogens with one attached hydrogen (secondary N) is 1. The summed E-state index contributed by atoms with van der Waals surface area (Å²) in [6, 6.07) is 6.93.